The van der Waals surface area contributed by atoms with Crippen LogP contribution in [0.1, 0.15) is 23.9 Å². The van der Waals surface area contributed by atoms with E-state index in [1.807, 2.05) is 44.6 Å². The van der Waals surface area contributed by atoms with Gasteiger partial charge in [-0.05, 0) is 50.1 Å². The Labute approximate surface area is 162 Å². The van der Waals surface area contributed by atoms with Gasteiger partial charge in [-0.1, -0.05) is 18.5 Å². The van der Waals surface area contributed by atoms with Gasteiger partial charge in [-0.3, -0.25) is 25.1 Å². The van der Waals surface area contributed by atoms with Crippen LogP contribution in [0.3, 0.4) is 0 Å². The number of amides is 2. The van der Waals surface area contributed by atoms with Gasteiger partial charge >= 0.3 is 0 Å². The molecule has 1 aromatic carbocycles. The molecule has 26 heavy (non-hydrogen) atoms. The Hall–Kier alpha value is -1.99. The minimum absolute atomic E-state index is 0.205. The predicted octanol–water partition coefficient (Wildman–Crippen LogP) is 2.81. The first-order chi connectivity index (χ1) is 12.3. The molecule has 0 saturated carbocycles. The van der Waals surface area contributed by atoms with Gasteiger partial charge in [0, 0.05) is 28.6 Å². The van der Waals surface area contributed by atoms with Gasteiger partial charge in [0.05, 0.1) is 11.4 Å². The number of aromatic nitrogens is 2. The molecule has 8 heteroatoms. The zero-order valence-corrected chi connectivity index (χ0v) is 16.9. The molecule has 0 unspecified atom stereocenters. The highest BCUT2D eigenvalue weighted by atomic mass is 35.5. The maximum absolute atomic E-state index is 12.2. The highest BCUT2D eigenvalue weighted by molar-refractivity contribution is 8.00. The second kappa shape index (κ2) is 9.09. The van der Waals surface area contributed by atoms with Gasteiger partial charge in [0.2, 0.25) is 11.8 Å². The summed E-state index contributed by atoms with van der Waals surface area (Å²) >= 11 is 7.20. The number of hydrogen-bond donors (Lipinski definition) is 2. The van der Waals surface area contributed by atoms with Crippen molar-refractivity contribution in [3.05, 3.63) is 46.2 Å². The van der Waals surface area contributed by atoms with E-state index < -0.39 is 0 Å². The molecular formula is C18H23ClN4O2S. The van der Waals surface area contributed by atoms with E-state index in [4.69, 9.17) is 11.6 Å². The molecule has 0 saturated heterocycles. The van der Waals surface area contributed by atoms with Crippen molar-refractivity contribution in [2.24, 2.45) is 13.0 Å². The summed E-state index contributed by atoms with van der Waals surface area (Å²) in [5.41, 5.74) is 7.99. The summed E-state index contributed by atoms with van der Waals surface area (Å²) in [6, 6.07) is 7.24. The van der Waals surface area contributed by atoms with Gasteiger partial charge in [-0.2, -0.15) is 5.10 Å². The zero-order valence-electron chi connectivity index (χ0n) is 15.3. The van der Waals surface area contributed by atoms with Crippen molar-refractivity contribution in [2.45, 2.75) is 32.1 Å². The fourth-order valence-electron chi connectivity index (χ4n) is 2.48. The molecule has 1 atom stereocenters. The molecule has 1 heterocycles. The molecule has 0 aliphatic rings. The van der Waals surface area contributed by atoms with Crippen molar-refractivity contribution >= 4 is 35.2 Å². The van der Waals surface area contributed by atoms with Crippen molar-refractivity contribution in [3.63, 3.8) is 0 Å². The maximum atomic E-state index is 12.2. The predicted molar refractivity (Wildman–Crippen MR) is 104 cm³/mol. The Morgan fingerprint density at radius 2 is 1.88 bits per heavy atom. The SMILES string of the molecule is Cc1nn(C)c(C)c1C[C@H](C)C(=O)NNC(=O)CSc1ccc(Cl)cc1. The Balaban J connectivity index is 1.78. The van der Waals surface area contributed by atoms with Crippen molar-refractivity contribution < 1.29 is 9.59 Å². The lowest BCUT2D eigenvalue weighted by Gasteiger charge is -2.13. The van der Waals surface area contributed by atoms with E-state index in [1.54, 1.807) is 12.1 Å². The summed E-state index contributed by atoms with van der Waals surface area (Å²) in [4.78, 5) is 25.0. The number of nitrogens with zero attached hydrogens (tertiary/aromatic N) is 2. The van der Waals surface area contributed by atoms with Crippen LogP contribution in [-0.2, 0) is 23.1 Å². The molecule has 0 fully saturated rings. The molecule has 0 aliphatic carbocycles. The average molecular weight is 395 g/mol. The number of carbonyl (C=O) groups excluding carboxylic acids is 2. The third-order valence-electron chi connectivity index (χ3n) is 4.13. The molecular weight excluding hydrogens is 372 g/mol. The van der Waals surface area contributed by atoms with Crippen molar-refractivity contribution in [3.8, 4) is 0 Å². The lowest BCUT2D eigenvalue weighted by atomic mass is 9.99. The van der Waals surface area contributed by atoms with Crippen molar-refractivity contribution in [1.29, 1.82) is 0 Å². The van der Waals surface area contributed by atoms with E-state index >= 15 is 0 Å². The zero-order chi connectivity index (χ0) is 19.3. The molecule has 0 radical (unpaired) electrons. The van der Waals surface area contributed by atoms with Crippen LogP contribution in [0.2, 0.25) is 5.02 Å². The lowest BCUT2D eigenvalue weighted by Crippen LogP contribution is -2.45. The number of carbonyl (C=O) groups is 2. The molecule has 0 aliphatic heterocycles. The maximum Gasteiger partial charge on any atom is 0.248 e. The number of aryl methyl sites for hydroxylation is 2. The van der Waals surface area contributed by atoms with E-state index in [-0.39, 0.29) is 23.5 Å². The van der Waals surface area contributed by atoms with Gasteiger partial charge in [-0.15, -0.1) is 11.8 Å². The third kappa shape index (κ3) is 5.51. The van der Waals surface area contributed by atoms with Crippen LogP contribution in [0.5, 0.6) is 0 Å². The first kappa shape index (κ1) is 20.3. The summed E-state index contributed by atoms with van der Waals surface area (Å²) in [6.07, 6.45) is 0.576. The fraction of sp³-hybridized carbons (Fsp3) is 0.389. The molecule has 2 N–H and O–H groups in total. The lowest BCUT2D eigenvalue weighted by molar-refractivity contribution is -0.129. The number of nitrogens with one attached hydrogen (secondary N) is 2. The number of thioether (sulfide) groups is 1. The normalized spacial score (nSPS) is 11.9. The van der Waals surface area contributed by atoms with Crippen LogP contribution >= 0.6 is 23.4 Å². The molecule has 140 valence electrons. The van der Waals surface area contributed by atoms with Crippen LogP contribution in [0.4, 0.5) is 0 Å². The number of hydrogen-bond acceptors (Lipinski definition) is 4. The van der Waals surface area contributed by atoms with E-state index in [2.05, 4.69) is 16.0 Å². The second-order valence-electron chi connectivity index (χ2n) is 6.16. The standard InChI is InChI=1S/C18H23ClN4O2S/c1-11(9-16-12(2)22-23(4)13(16)3)18(25)21-20-17(24)10-26-15-7-5-14(19)6-8-15/h5-8,11H,9-10H2,1-4H3,(H,20,24)(H,21,25)/t11-/m0/s1. The Kier molecular flexibility index (Phi) is 7.11. The first-order valence-corrected chi connectivity index (χ1v) is 9.60. The summed E-state index contributed by atoms with van der Waals surface area (Å²) in [5.74, 6) is -0.561. The molecule has 0 spiro atoms. The fourth-order valence-corrected chi connectivity index (χ4v) is 3.31. The van der Waals surface area contributed by atoms with Gasteiger partial charge in [0.1, 0.15) is 0 Å². The summed E-state index contributed by atoms with van der Waals surface area (Å²) in [6.45, 7) is 5.74. The summed E-state index contributed by atoms with van der Waals surface area (Å²) in [7, 11) is 1.88. The van der Waals surface area contributed by atoms with Crippen molar-refractivity contribution in [1.82, 2.24) is 20.6 Å². The molecule has 6 nitrogen and oxygen atoms in total. The monoisotopic (exact) mass is 394 g/mol. The molecule has 2 rings (SSSR count). The van der Waals surface area contributed by atoms with E-state index in [1.165, 1.54) is 11.8 Å². The molecule has 2 amide bonds. The van der Waals surface area contributed by atoms with Crippen LogP contribution in [0, 0.1) is 19.8 Å². The van der Waals surface area contributed by atoms with Gasteiger partial charge in [0.25, 0.3) is 0 Å². The van der Waals surface area contributed by atoms with E-state index in [9.17, 15) is 9.59 Å². The third-order valence-corrected chi connectivity index (χ3v) is 5.39. The number of rotatable bonds is 6. The van der Waals surface area contributed by atoms with E-state index in [0.29, 0.717) is 11.4 Å². The summed E-state index contributed by atoms with van der Waals surface area (Å²) in [5, 5.41) is 5.01. The highest BCUT2D eigenvalue weighted by Crippen LogP contribution is 2.20. The first-order valence-electron chi connectivity index (χ1n) is 8.24. The second-order valence-corrected chi connectivity index (χ2v) is 7.64. The van der Waals surface area contributed by atoms with Gasteiger partial charge < -0.3 is 0 Å². The van der Waals surface area contributed by atoms with Crippen LogP contribution in [-0.4, -0.2) is 27.3 Å². The number of benzene rings is 1. The van der Waals surface area contributed by atoms with Gasteiger partial charge in [-0.25, -0.2) is 0 Å². The smallest absolute Gasteiger partial charge is 0.248 e. The van der Waals surface area contributed by atoms with E-state index in [0.717, 1.165) is 21.8 Å². The minimum Gasteiger partial charge on any atom is -0.273 e. The largest absolute Gasteiger partial charge is 0.273 e. The highest BCUT2D eigenvalue weighted by Gasteiger charge is 2.19. The number of halogens is 1. The molecule has 1 aromatic heterocycles. The molecule has 0 bridgehead atoms. The van der Waals surface area contributed by atoms with Crippen LogP contribution < -0.4 is 10.9 Å². The Bertz CT molecular complexity index is 789. The Morgan fingerprint density at radius 1 is 1.23 bits per heavy atom. The molecule has 2 aromatic rings. The minimum atomic E-state index is -0.277. The van der Waals surface area contributed by atoms with Crippen molar-refractivity contribution in [2.75, 3.05) is 5.75 Å². The quantitative estimate of drug-likeness (QED) is 0.583. The average Bonchev–Trinajstić information content (AvgIpc) is 2.85. The summed E-state index contributed by atoms with van der Waals surface area (Å²) < 4.78 is 1.81. The van der Waals surface area contributed by atoms with Crippen LogP contribution in [0.25, 0.3) is 0 Å². The topological polar surface area (TPSA) is 76.0 Å². The Morgan fingerprint density at radius 3 is 2.46 bits per heavy atom. The van der Waals surface area contributed by atoms with Gasteiger partial charge in [0.15, 0.2) is 0 Å². The van der Waals surface area contributed by atoms with Crippen LogP contribution in [0.15, 0.2) is 29.2 Å². The number of hydrazine groups is 1.